The molecule has 3 aromatic rings. The van der Waals surface area contributed by atoms with Crippen molar-refractivity contribution in [2.45, 2.75) is 24.9 Å². The number of ether oxygens (including phenoxy) is 1. The van der Waals surface area contributed by atoms with Gasteiger partial charge in [0.1, 0.15) is 18.8 Å². The van der Waals surface area contributed by atoms with Crippen molar-refractivity contribution in [1.82, 2.24) is 4.98 Å². The van der Waals surface area contributed by atoms with Crippen molar-refractivity contribution in [3.05, 3.63) is 70.9 Å². The van der Waals surface area contributed by atoms with Gasteiger partial charge in [-0.1, -0.05) is 30.3 Å². The summed E-state index contributed by atoms with van der Waals surface area (Å²) in [5.74, 6) is -0.321. The van der Waals surface area contributed by atoms with Crippen molar-refractivity contribution in [2.24, 2.45) is 0 Å². The number of esters is 1. The summed E-state index contributed by atoms with van der Waals surface area (Å²) >= 11 is 1.74. The quantitative estimate of drug-likeness (QED) is 0.526. The topological polar surface area (TPSA) is 43.6 Å². The molecule has 0 radical (unpaired) electrons. The zero-order chi connectivity index (χ0) is 19.4. The van der Waals surface area contributed by atoms with E-state index in [0.29, 0.717) is 12.1 Å². The second kappa shape index (κ2) is 8.55. The van der Waals surface area contributed by atoms with E-state index in [2.05, 4.69) is 37.6 Å². The van der Waals surface area contributed by atoms with E-state index in [0.717, 1.165) is 28.7 Å². The van der Waals surface area contributed by atoms with Crippen molar-refractivity contribution in [1.29, 1.82) is 0 Å². The molecular formula is C22H25N2O2S+. The van der Waals surface area contributed by atoms with E-state index in [1.165, 1.54) is 22.5 Å². The monoisotopic (exact) mass is 381 g/mol. The lowest BCUT2D eigenvalue weighted by molar-refractivity contribution is -0.908. The molecule has 2 aromatic carbocycles. The first-order valence-corrected chi connectivity index (χ1v) is 10.2. The average molecular weight is 382 g/mol. The Labute approximate surface area is 164 Å². The maximum absolute atomic E-state index is 12.4. The molecule has 1 unspecified atom stereocenters. The normalized spacial score (nSPS) is 12.1. The number of benzene rings is 2. The number of hydrogen-bond donors (Lipinski definition) is 1. The number of quaternary nitrogens is 1. The van der Waals surface area contributed by atoms with Crippen LogP contribution in [0.25, 0.3) is 10.9 Å². The number of carbonyl (C=O) groups is 1. The molecule has 3 rings (SSSR count). The van der Waals surface area contributed by atoms with Crippen LogP contribution in [0.4, 0.5) is 0 Å². The Balaban J connectivity index is 1.91. The molecule has 1 atom stereocenters. The Morgan fingerprint density at radius 1 is 1.11 bits per heavy atom. The minimum atomic E-state index is -0.321. The van der Waals surface area contributed by atoms with Crippen LogP contribution in [0.1, 0.15) is 27.2 Å². The van der Waals surface area contributed by atoms with Crippen LogP contribution in [0.5, 0.6) is 0 Å². The number of aryl methyl sites for hydroxylation is 1. The molecule has 0 bridgehead atoms. The van der Waals surface area contributed by atoms with Crippen molar-refractivity contribution in [3.63, 3.8) is 0 Å². The number of rotatable bonds is 6. The molecule has 1 N–H and O–H groups in total. The number of pyridine rings is 1. The van der Waals surface area contributed by atoms with Crippen molar-refractivity contribution in [3.8, 4) is 0 Å². The summed E-state index contributed by atoms with van der Waals surface area (Å²) in [7, 11) is 3.54. The predicted octanol–water partition coefficient (Wildman–Crippen LogP) is 3.27. The molecule has 0 aliphatic rings. The number of nitrogens with zero attached hydrogens (tertiary/aromatic N) is 1. The summed E-state index contributed by atoms with van der Waals surface area (Å²) in [6.45, 7) is 3.49. The van der Waals surface area contributed by atoms with Crippen molar-refractivity contribution >= 4 is 28.6 Å². The first kappa shape index (κ1) is 19.4. The third-order valence-corrected chi connectivity index (χ3v) is 5.49. The molecule has 5 heteroatoms. The maximum atomic E-state index is 12.4. The van der Waals surface area contributed by atoms with Gasteiger partial charge in [0.15, 0.2) is 0 Å². The Bertz CT molecular complexity index is 954. The molecule has 27 heavy (non-hydrogen) atoms. The van der Waals surface area contributed by atoms with Crippen LogP contribution in [0.3, 0.4) is 0 Å². The number of thioether (sulfide) groups is 1. The molecule has 0 aliphatic carbocycles. The molecule has 1 aromatic heterocycles. The molecule has 4 nitrogen and oxygen atoms in total. The van der Waals surface area contributed by atoms with Gasteiger partial charge in [-0.15, -0.1) is 11.8 Å². The van der Waals surface area contributed by atoms with Crippen LogP contribution in [0.15, 0.2) is 53.4 Å². The first-order chi connectivity index (χ1) is 13.0. The number of para-hydroxylation sites is 1. The van der Waals surface area contributed by atoms with E-state index in [1.807, 2.05) is 31.2 Å². The molecular weight excluding hydrogens is 356 g/mol. The average Bonchev–Trinajstić information content (AvgIpc) is 2.68. The summed E-state index contributed by atoms with van der Waals surface area (Å²) in [4.78, 5) is 19.7. The van der Waals surface area contributed by atoms with E-state index < -0.39 is 0 Å². The van der Waals surface area contributed by atoms with Gasteiger partial charge in [-0.25, -0.2) is 9.78 Å². The number of hydrogen-bond acceptors (Lipinski definition) is 4. The fourth-order valence-electron chi connectivity index (χ4n) is 3.38. The molecule has 0 saturated carbocycles. The molecule has 0 spiro atoms. The molecule has 0 saturated heterocycles. The van der Waals surface area contributed by atoms with E-state index in [-0.39, 0.29) is 5.97 Å². The van der Waals surface area contributed by atoms with Gasteiger partial charge < -0.3 is 9.64 Å². The molecule has 0 amide bonds. The Morgan fingerprint density at radius 2 is 1.81 bits per heavy atom. The highest BCUT2D eigenvalue weighted by Gasteiger charge is 2.21. The lowest BCUT2D eigenvalue weighted by atomic mass is 10.0. The molecule has 0 aliphatic heterocycles. The molecule has 140 valence electrons. The highest BCUT2D eigenvalue weighted by atomic mass is 32.2. The van der Waals surface area contributed by atoms with Crippen LogP contribution in [0.2, 0.25) is 0 Å². The second-order valence-corrected chi connectivity index (χ2v) is 7.61. The summed E-state index contributed by atoms with van der Waals surface area (Å²) in [6, 6.07) is 16.5. The van der Waals surface area contributed by atoms with Gasteiger partial charge in [-0.3, -0.25) is 0 Å². The van der Waals surface area contributed by atoms with Gasteiger partial charge in [0.25, 0.3) is 0 Å². The lowest BCUT2D eigenvalue weighted by Gasteiger charge is -2.18. The number of fused-ring (bicyclic) bond motifs is 1. The van der Waals surface area contributed by atoms with Crippen LogP contribution in [0, 0.1) is 6.92 Å². The van der Waals surface area contributed by atoms with E-state index >= 15 is 0 Å². The van der Waals surface area contributed by atoms with Gasteiger partial charge in [0, 0.05) is 15.8 Å². The van der Waals surface area contributed by atoms with Crippen molar-refractivity contribution in [2.75, 3.05) is 20.4 Å². The Hall–Kier alpha value is -2.37. The SMILES string of the molecule is COC(=O)c1c(C[NH+](C)Cc2ccc(SC)cc2)nc2ccccc2c1C. The third kappa shape index (κ3) is 4.31. The van der Waals surface area contributed by atoms with Crippen molar-refractivity contribution < 1.29 is 14.4 Å². The number of methoxy groups -OCH3 is 1. The number of carbonyl (C=O) groups excluding carboxylic acids is 1. The summed E-state index contributed by atoms with van der Waals surface area (Å²) in [5, 5.41) is 0.993. The fraction of sp³-hybridized carbons (Fsp3) is 0.273. The molecule has 1 heterocycles. The summed E-state index contributed by atoms with van der Waals surface area (Å²) in [6.07, 6.45) is 2.08. The largest absolute Gasteiger partial charge is 0.465 e. The highest BCUT2D eigenvalue weighted by Crippen LogP contribution is 2.23. The highest BCUT2D eigenvalue weighted by molar-refractivity contribution is 7.98. The molecule has 0 fully saturated rings. The smallest absolute Gasteiger partial charge is 0.340 e. The van der Waals surface area contributed by atoms with Crippen LogP contribution in [-0.4, -0.2) is 31.4 Å². The number of aromatic nitrogens is 1. The van der Waals surface area contributed by atoms with Crippen LogP contribution >= 0.6 is 11.8 Å². The van der Waals surface area contributed by atoms with Gasteiger partial charge in [0.05, 0.1) is 25.2 Å². The van der Waals surface area contributed by atoms with E-state index in [9.17, 15) is 4.79 Å². The van der Waals surface area contributed by atoms with E-state index in [1.54, 1.807) is 11.8 Å². The minimum Gasteiger partial charge on any atom is -0.465 e. The zero-order valence-electron chi connectivity index (χ0n) is 16.2. The standard InChI is InChI=1S/C22H24N2O2S/c1-15-18-7-5-6-8-19(18)23-20(21(15)22(25)26-3)14-24(2)13-16-9-11-17(27-4)12-10-16/h5-12H,13-14H2,1-4H3/p+1. The lowest BCUT2D eigenvalue weighted by Crippen LogP contribution is -3.06. The van der Waals surface area contributed by atoms with Crippen LogP contribution < -0.4 is 4.90 Å². The van der Waals surface area contributed by atoms with Gasteiger partial charge >= 0.3 is 5.97 Å². The summed E-state index contributed by atoms with van der Waals surface area (Å²) in [5.41, 5.74) is 4.49. The van der Waals surface area contributed by atoms with E-state index in [4.69, 9.17) is 9.72 Å². The van der Waals surface area contributed by atoms with Gasteiger partial charge in [-0.2, -0.15) is 0 Å². The van der Waals surface area contributed by atoms with Gasteiger partial charge in [-0.05, 0) is 36.9 Å². The minimum absolute atomic E-state index is 0.321. The third-order valence-electron chi connectivity index (χ3n) is 4.75. The predicted molar refractivity (Wildman–Crippen MR) is 110 cm³/mol. The van der Waals surface area contributed by atoms with Crippen LogP contribution in [-0.2, 0) is 17.8 Å². The Kier molecular flexibility index (Phi) is 6.14. The summed E-state index contributed by atoms with van der Waals surface area (Å²) < 4.78 is 5.04. The maximum Gasteiger partial charge on any atom is 0.340 e. The first-order valence-electron chi connectivity index (χ1n) is 8.94. The Morgan fingerprint density at radius 3 is 2.48 bits per heavy atom. The fourth-order valence-corrected chi connectivity index (χ4v) is 3.79. The zero-order valence-corrected chi connectivity index (χ0v) is 17.0. The van der Waals surface area contributed by atoms with Gasteiger partial charge in [0.2, 0.25) is 0 Å². The second-order valence-electron chi connectivity index (χ2n) is 6.73. The number of nitrogens with one attached hydrogen (secondary N) is 1.